The molecule has 0 saturated carbocycles. The summed E-state index contributed by atoms with van der Waals surface area (Å²) in [5.74, 6) is -1.08. The molecule has 1 unspecified atom stereocenters. The number of rotatable bonds is 7. The molecule has 0 bridgehead atoms. The number of nitrogens with one attached hydrogen (secondary N) is 2. The first-order valence-electron chi connectivity index (χ1n) is 12.8. The number of likely N-dealkylation sites (tertiary alicyclic amines) is 1. The van der Waals surface area contributed by atoms with Crippen molar-refractivity contribution in [1.82, 2.24) is 19.9 Å². The minimum Gasteiger partial charge on any atom is -0.444 e. The lowest BCUT2D eigenvalue weighted by atomic mass is 9.99. The average Bonchev–Trinajstić information content (AvgIpc) is 3.24. The number of hydrogen-bond acceptors (Lipinski definition) is 7. The molecule has 1 aliphatic heterocycles. The number of pyridine rings is 1. The molecule has 2 aromatic heterocycles. The number of nitrogens with zero attached hydrogens (tertiary/aromatic N) is 2. The van der Waals surface area contributed by atoms with Gasteiger partial charge in [-0.25, -0.2) is 27.3 Å². The highest BCUT2D eigenvalue weighted by Crippen LogP contribution is 2.34. The van der Waals surface area contributed by atoms with Crippen molar-refractivity contribution in [2.45, 2.75) is 45.0 Å². The lowest BCUT2D eigenvalue weighted by Gasteiger charge is -2.34. The van der Waals surface area contributed by atoms with Gasteiger partial charge in [-0.1, -0.05) is 0 Å². The fraction of sp³-hybridized carbons (Fsp3) is 0.444. The molecule has 0 aliphatic carbocycles. The van der Waals surface area contributed by atoms with Crippen molar-refractivity contribution >= 4 is 55.7 Å². The number of halogens is 2. The molecule has 1 fully saturated rings. The smallest absolute Gasteiger partial charge is 0.410 e. The maximum atomic E-state index is 13.5. The first kappa shape index (κ1) is 30.2. The van der Waals surface area contributed by atoms with Crippen molar-refractivity contribution in [1.29, 1.82) is 0 Å². The molecule has 1 aromatic carbocycles. The Labute approximate surface area is 246 Å². The van der Waals surface area contributed by atoms with Gasteiger partial charge in [-0.3, -0.25) is 4.79 Å². The Morgan fingerprint density at radius 3 is 2.60 bits per heavy atom. The number of ether oxygens (including phenoxy) is 1. The van der Waals surface area contributed by atoms with Gasteiger partial charge in [0.05, 0.1) is 16.6 Å². The van der Waals surface area contributed by atoms with E-state index in [9.17, 15) is 22.4 Å². The van der Waals surface area contributed by atoms with Gasteiger partial charge in [0.15, 0.2) is 0 Å². The molecule has 1 saturated heterocycles. The second kappa shape index (κ2) is 12.0. The quantitative estimate of drug-likeness (QED) is 0.346. The molecule has 10 nitrogen and oxygen atoms in total. The number of carbonyl (C=O) groups is 2. The number of aromatic nitrogens is 1. The molecule has 2 N–H and O–H groups in total. The molecular formula is C27H32FIN4O6S. The molecule has 3 aromatic rings. The Kier molecular flexibility index (Phi) is 9.05. The van der Waals surface area contributed by atoms with E-state index in [4.69, 9.17) is 9.15 Å². The number of hydrogen-bond donors (Lipinski definition) is 2. The van der Waals surface area contributed by atoms with Crippen molar-refractivity contribution in [3.8, 4) is 11.3 Å². The Balaban J connectivity index is 1.51. The van der Waals surface area contributed by atoms with E-state index in [1.807, 2.05) is 22.6 Å². The number of benzene rings is 1. The summed E-state index contributed by atoms with van der Waals surface area (Å²) >= 11 is 1.99. The molecule has 0 radical (unpaired) electrons. The van der Waals surface area contributed by atoms with E-state index in [1.54, 1.807) is 31.7 Å². The van der Waals surface area contributed by atoms with Gasteiger partial charge >= 0.3 is 6.09 Å². The van der Waals surface area contributed by atoms with Gasteiger partial charge < -0.3 is 19.4 Å². The molecule has 216 valence electrons. The summed E-state index contributed by atoms with van der Waals surface area (Å²) in [5.41, 5.74) is 0.475. The van der Waals surface area contributed by atoms with Gasteiger partial charge in [-0.15, -0.1) is 0 Å². The maximum absolute atomic E-state index is 13.5. The zero-order chi connectivity index (χ0) is 29.2. The van der Waals surface area contributed by atoms with Gasteiger partial charge in [0, 0.05) is 35.8 Å². The summed E-state index contributed by atoms with van der Waals surface area (Å²) < 4.78 is 54.1. The molecule has 40 heavy (non-hydrogen) atoms. The van der Waals surface area contributed by atoms with Crippen LogP contribution in [0.15, 0.2) is 34.7 Å². The minimum atomic E-state index is -3.79. The first-order valence-corrected chi connectivity index (χ1v) is 15.5. The average molecular weight is 687 g/mol. The summed E-state index contributed by atoms with van der Waals surface area (Å²) in [6.45, 7) is 6.56. The van der Waals surface area contributed by atoms with Crippen molar-refractivity contribution in [2.75, 3.05) is 26.7 Å². The lowest BCUT2D eigenvalue weighted by molar-refractivity contribution is 0.0169. The number of carbonyl (C=O) groups excluding carboxylic acids is 2. The summed E-state index contributed by atoms with van der Waals surface area (Å²) in [5, 5.41) is 3.00. The molecule has 4 rings (SSSR count). The summed E-state index contributed by atoms with van der Waals surface area (Å²) in [7, 11) is -2.30. The number of sulfonamides is 1. The third-order valence-corrected chi connectivity index (χ3v) is 8.55. The standard InChI is InChI=1S/C27H32FIN4O6S/c1-27(2,3)39-26(35)33-11-5-6-16(14-33)13-31-40(36,37)15-21-20(29)12-19-22(24(34)30-4)23(38-25(19)32-21)17-7-9-18(28)10-8-17/h7-10,12,16,31H,5-6,11,13-15H2,1-4H3,(H,30,34). The van der Waals surface area contributed by atoms with E-state index in [-0.39, 0.29) is 35.2 Å². The lowest BCUT2D eigenvalue weighted by Crippen LogP contribution is -2.45. The third kappa shape index (κ3) is 7.29. The number of fused-ring (bicyclic) bond motifs is 1. The van der Waals surface area contributed by atoms with Crippen LogP contribution in [0.25, 0.3) is 22.4 Å². The summed E-state index contributed by atoms with van der Waals surface area (Å²) in [4.78, 5) is 31.2. The van der Waals surface area contributed by atoms with Crippen LogP contribution in [0.1, 0.15) is 49.7 Å². The van der Waals surface area contributed by atoms with Crippen molar-refractivity contribution in [3.05, 3.63) is 51.0 Å². The second-order valence-corrected chi connectivity index (χ2v) is 13.7. The van der Waals surface area contributed by atoms with Crippen LogP contribution in [-0.4, -0.2) is 62.6 Å². The van der Waals surface area contributed by atoms with E-state index < -0.39 is 39.2 Å². The molecule has 13 heteroatoms. The Morgan fingerprint density at radius 1 is 1.25 bits per heavy atom. The Morgan fingerprint density at radius 2 is 1.95 bits per heavy atom. The zero-order valence-corrected chi connectivity index (χ0v) is 25.7. The maximum Gasteiger partial charge on any atom is 0.410 e. The van der Waals surface area contributed by atoms with Crippen LogP contribution in [0.5, 0.6) is 0 Å². The van der Waals surface area contributed by atoms with E-state index in [1.165, 1.54) is 31.3 Å². The predicted octanol–water partition coefficient (Wildman–Crippen LogP) is 4.66. The second-order valence-electron chi connectivity index (χ2n) is 10.7. The molecule has 1 atom stereocenters. The van der Waals surface area contributed by atoms with Crippen LogP contribution in [0, 0.1) is 15.3 Å². The van der Waals surface area contributed by atoms with E-state index in [0.29, 0.717) is 27.6 Å². The van der Waals surface area contributed by atoms with Gasteiger partial charge in [0.1, 0.15) is 22.9 Å². The number of piperidine rings is 1. The van der Waals surface area contributed by atoms with Crippen molar-refractivity contribution < 1.29 is 31.6 Å². The number of amides is 2. The zero-order valence-electron chi connectivity index (χ0n) is 22.7. The van der Waals surface area contributed by atoms with Crippen LogP contribution in [-0.2, 0) is 20.5 Å². The Bertz CT molecular complexity index is 1520. The summed E-state index contributed by atoms with van der Waals surface area (Å²) in [6, 6.07) is 7.17. The van der Waals surface area contributed by atoms with Crippen LogP contribution in [0.2, 0.25) is 0 Å². The van der Waals surface area contributed by atoms with Crippen molar-refractivity contribution in [3.63, 3.8) is 0 Å². The van der Waals surface area contributed by atoms with Crippen LogP contribution in [0.3, 0.4) is 0 Å². The topological polar surface area (TPSA) is 131 Å². The Hall–Kier alpha value is -2.78. The normalized spacial score (nSPS) is 16.2. The highest BCUT2D eigenvalue weighted by atomic mass is 127. The first-order chi connectivity index (χ1) is 18.8. The molecular weight excluding hydrogens is 654 g/mol. The monoisotopic (exact) mass is 686 g/mol. The van der Waals surface area contributed by atoms with E-state index in [0.717, 1.165) is 12.8 Å². The highest BCUT2D eigenvalue weighted by Gasteiger charge is 2.29. The van der Waals surface area contributed by atoms with Gasteiger partial charge in [0.25, 0.3) is 5.91 Å². The van der Waals surface area contributed by atoms with Gasteiger partial charge in [-0.05, 0) is 92.5 Å². The van der Waals surface area contributed by atoms with Gasteiger partial charge in [-0.2, -0.15) is 0 Å². The third-order valence-electron chi connectivity index (χ3n) is 6.36. The summed E-state index contributed by atoms with van der Waals surface area (Å²) in [6.07, 6.45) is 1.14. The number of furan rings is 1. The molecule has 3 heterocycles. The van der Waals surface area contributed by atoms with Crippen LogP contribution < -0.4 is 10.0 Å². The fourth-order valence-corrected chi connectivity index (χ4v) is 6.54. The molecule has 0 spiro atoms. The molecule has 1 aliphatic rings. The largest absolute Gasteiger partial charge is 0.444 e. The SMILES string of the molecule is CNC(=O)c1c(-c2ccc(F)cc2)oc2nc(CS(=O)(=O)NCC3CCCN(C(=O)OC(C)(C)C)C3)c(I)cc12. The van der Waals surface area contributed by atoms with Crippen molar-refractivity contribution in [2.24, 2.45) is 5.92 Å². The predicted molar refractivity (Wildman–Crippen MR) is 157 cm³/mol. The highest BCUT2D eigenvalue weighted by molar-refractivity contribution is 14.1. The van der Waals surface area contributed by atoms with E-state index in [2.05, 4.69) is 15.0 Å². The fourth-order valence-electron chi connectivity index (χ4n) is 4.49. The van der Waals surface area contributed by atoms with E-state index >= 15 is 0 Å². The molecule has 2 amide bonds. The minimum absolute atomic E-state index is 0.0518. The van der Waals surface area contributed by atoms with Gasteiger partial charge in [0.2, 0.25) is 15.7 Å². The van der Waals surface area contributed by atoms with Crippen LogP contribution in [0.4, 0.5) is 9.18 Å². The van der Waals surface area contributed by atoms with Crippen LogP contribution >= 0.6 is 22.6 Å².